The van der Waals surface area contributed by atoms with E-state index in [1.807, 2.05) is 43.3 Å². The second-order valence-electron chi connectivity index (χ2n) is 11.7. The molecule has 2 heterocycles. The lowest BCUT2D eigenvalue weighted by atomic mass is 10.1. The van der Waals surface area contributed by atoms with Gasteiger partial charge < -0.3 is 24.0 Å². The van der Waals surface area contributed by atoms with Gasteiger partial charge in [-0.3, -0.25) is 10.1 Å². The standard InChI is InChI=1S/C31H40ClFN4O6SSi/c1-7-18-44-30-35-27(32)25(37(38)39)28(36-30)34-24-22(43-26(23(24)33)29(40-5)41-6)19-42-45(31(2,3)4,20-14-10-8-11-15-20)21-16-12-9-13-17-21/h8-17,22-24,26,29H,7,18-19H2,1-6H3,(H,34,35,36)/t22-,23+,24-,26+/m0/s1. The van der Waals surface area contributed by atoms with E-state index >= 15 is 4.39 Å². The average molecular weight is 679 g/mol. The number of alkyl halides is 1. The van der Waals surface area contributed by atoms with Crippen molar-refractivity contribution in [2.45, 2.75) is 75.0 Å². The lowest BCUT2D eigenvalue weighted by molar-refractivity contribution is -0.384. The summed E-state index contributed by atoms with van der Waals surface area (Å²) in [6.45, 7) is 8.36. The first kappa shape index (κ1) is 35.2. The van der Waals surface area contributed by atoms with E-state index < -0.39 is 49.6 Å². The van der Waals surface area contributed by atoms with Crippen molar-refractivity contribution < 1.29 is 28.0 Å². The number of hydrogen-bond acceptors (Lipinski definition) is 10. The maximum Gasteiger partial charge on any atom is 0.348 e. The van der Waals surface area contributed by atoms with Gasteiger partial charge in [-0.2, -0.15) is 4.98 Å². The molecule has 14 heteroatoms. The van der Waals surface area contributed by atoms with Crippen LogP contribution in [0.25, 0.3) is 0 Å². The summed E-state index contributed by atoms with van der Waals surface area (Å²) in [4.78, 5) is 19.8. The van der Waals surface area contributed by atoms with E-state index in [9.17, 15) is 10.1 Å². The molecular weight excluding hydrogens is 639 g/mol. The summed E-state index contributed by atoms with van der Waals surface area (Å²) < 4.78 is 40.5. The molecule has 3 aromatic rings. The summed E-state index contributed by atoms with van der Waals surface area (Å²) in [5.41, 5.74) is -0.546. The van der Waals surface area contributed by atoms with Crippen molar-refractivity contribution >= 4 is 53.6 Å². The Hall–Kier alpha value is -2.65. The zero-order valence-corrected chi connectivity index (χ0v) is 28.8. The van der Waals surface area contributed by atoms with Crippen molar-refractivity contribution in [3.05, 3.63) is 75.9 Å². The van der Waals surface area contributed by atoms with E-state index in [0.717, 1.165) is 16.8 Å². The first-order chi connectivity index (χ1) is 21.5. The van der Waals surface area contributed by atoms with Gasteiger partial charge in [0.25, 0.3) is 8.32 Å². The van der Waals surface area contributed by atoms with Crippen LogP contribution in [0.1, 0.15) is 34.1 Å². The summed E-state index contributed by atoms with van der Waals surface area (Å²) in [5, 5.41) is 16.7. The number of benzene rings is 2. The molecule has 1 saturated heterocycles. The van der Waals surface area contributed by atoms with Gasteiger partial charge in [0.2, 0.25) is 11.0 Å². The minimum absolute atomic E-state index is 0.0356. The Morgan fingerprint density at radius 1 is 1.09 bits per heavy atom. The summed E-state index contributed by atoms with van der Waals surface area (Å²) in [6, 6.07) is 18.9. The Morgan fingerprint density at radius 2 is 1.67 bits per heavy atom. The predicted octanol–water partition coefficient (Wildman–Crippen LogP) is 5.62. The normalized spacial score (nSPS) is 20.5. The highest BCUT2D eigenvalue weighted by Crippen LogP contribution is 2.39. The highest BCUT2D eigenvalue weighted by atomic mass is 35.5. The van der Waals surface area contributed by atoms with Crippen molar-refractivity contribution in [3.8, 4) is 0 Å². The largest absolute Gasteiger partial charge is 0.405 e. The van der Waals surface area contributed by atoms with E-state index in [1.54, 1.807) is 0 Å². The van der Waals surface area contributed by atoms with Crippen molar-refractivity contribution in [2.75, 3.05) is 31.9 Å². The van der Waals surface area contributed by atoms with E-state index in [2.05, 4.69) is 60.3 Å². The molecule has 1 aliphatic rings. The van der Waals surface area contributed by atoms with Crippen molar-refractivity contribution in [3.63, 3.8) is 0 Å². The lowest BCUT2D eigenvalue weighted by Gasteiger charge is -2.43. The number of ether oxygens (including phenoxy) is 3. The highest BCUT2D eigenvalue weighted by Gasteiger charge is 2.54. The van der Waals surface area contributed by atoms with E-state index in [1.165, 1.54) is 26.0 Å². The SMILES string of the molecule is CCCSc1nc(Cl)c([N+](=O)[O-])c(N[C@@H]2[C@@H](F)[C@H](C(OC)OC)O[C@H]2CO[Si](c2ccccc2)(c2ccccc2)C(C)(C)C)n1. The predicted molar refractivity (Wildman–Crippen MR) is 177 cm³/mol. The van der Waals surface area contributed by atoms with Gasteiger partial charge in [0, 0.05) is 20.0 Å². The molecule has 10 nitrogen and oxygen atoms in total. The molecule has 0 bridgehead atoms. The lowest BCUT2D eigenvalue weighted by Crippen LogP contribution is -2.67. The molecule has 0 radical (unpaired) electrons. The third kappa shape index (κ3) is 7.51. The van der Waals surface area contributed by atoms with E-state index in [4.69, 9.17) is 30.2 Å². The molecule has 4 atom stereocenters. The van der Waals surface area contributed by atoms with Gasteiger partial charge in [-0.15, -0.1) is 0 Å². The molecule has 0 unspecified atom stereocenters. The number of hydrogen-bond donors (Lipinski definition) is 1. The fraction of sp³-hybridized carbons (Fsp3) is 0.484. The van der Waals surface area contributed by atoms with Crippen LogP contribution in [0.2, 0.25) is 10.2 Å². The molecule has 244 valence electrons. The number of nitrogens with one attached hydrogen (secondary N) is 1. The van der Waals surface area contributed by atoms with Crippen LogP contribution in [0.3, 0.4) is 0 Å². The zero-order valence-electron chi connectivity index (χ0n) is 26.2. The minimum atomic E-state index is -3.04. The number of nitro groups is 1. The summed E-state index contributed by atoms with van der Waals surface area (Å²) in [5.74, 6) is 0.476. The Labute approximate surface area is 273 Å². The van der Waals surface area contributed by atoms with Crippen molar-refractivity contribution in [1.82, 2.24) is 9.97 Å². The van der Waals surface area contributed by atoms with Crippen LogP contribution in [0.4, 0.5) is 15.9 Å². The molecule has 0 aliphatic carbocycles. The molecule has 1 N–H and O–H groups in total. The van der Waals surface area contributed by atoms with Crippen LogP contribution in [-0.4, -0.2) is 80.5 Å². The number of rotatable bonds is 14. The van der Waals surface area contributed by atoms with E-state index in [-0.39, 0.29) is 27.8 Å². The van der Waals surface area contributed by atoms with Gasteiger partial charge in [0.15, 0.2) is 17.6 Å². The number of halogens is 2. The van der Waals surface area contributed by atoms with Crippen LogP contribution in [0.5, 0.6) is 0 Å². The number of methoxy groups -OCH3 is 2. The molecule has 45 heavy (non-hydrogen) atoms. The second-order valence-corrected chi connectivity index (χ2v) is 17.4. The highest BCUT2D eigenvalue weighted by molar-refractivity contribution is 7.99. The average Bonchev–Trinajstić information content (AvgIpc) is 3.31. The first-order valence-electron chi connectivity index (χ1n) is 14.7. The van der Waals surface area contributed by atoms with Gasteiger partial charge in [-0.25, -0.2) is 9.37 Å². The minimum Gasteiger partial charge on any atom is -0.405 e. The van der Waals surface area contributed by atoms with Crippen molar-refractivity contribution in [2.24, 2.45) is 0 Å². The van der Waals surface area contributed by atoms with Crippen LogP contribution < -0.4 is 15.7 Å². The fourth-order valence-electron chi connectivity index (χ4n) is 5.72. The Morgan fingerprint density at radius 3 is 2.16 bits per heavy atom. The molecule has 1 aliphatic heterocycles. The van der Waals surface area contributed by atoms with Gasteiger partial charge in [-0.1, -0.05) is 112 Å². The summed E-state index contributed by atoms with van der Waals surface area (Å²) in [7, 11) is -0.251. The molecule has 0 saturated carbocycles. The molecule has 2 aromatic carbocycles. The number of anilines is 1. The molecule has 1 fully saturated rings. The second kappa shape index (κ2) is 15.3. The topological polar surface area (TPSA) is 118 Å². The Bertz CT molecular complexity index is 1380. The quantitative estimate of drug-likeness (QED) is 0.0438. The van der Waals surface area contributed by atoms with Crippen LogP contribution in [0.15, 0.2) is 65.8 Å². The molecule has 0 spiro atoms. The number of nitrogens with zero attached hydrogens (tertiary/aromatic N) is 3. The Kier molecular flexibility index (Phi) is 12.0. The zero-order chi connectivity index (χ0) is 32.8. The molecule has 4 rings (SSSR count). The van der Waals surface area contributed by atoms with Gasteiger partial charge in [0.1, 0.15) is 12.2 Å². The van der Waals surface area contributed by atoms with Crippen LogP contribution >= 0.6 is 23.4 Å². The van der Waals surface area contributed by atoms with Crippen molar-refractivity contribution in [1.29, 1.82) is 0 Å². The Balaban J connectivity index is 1.78. The first-order valence-corrected chi connectivity index (χ1v) is 18.0. The maximum absolute atomic E-state index is 16.4. The summed E-state index contributed by atoms with van der Waals surface area (Å²) >= 11 is 7.57. The maximum atomic E-state index is 16.4. The van der Waals surface area contributed by atoms with Gasteiger partial charge >= 0.3 is 5.69 Å². The molecular formula is C31H40ClFN4O6SSi. The number of thioether (sulfide) groups is 1. The fourth-order valence-corrected chi connectivity index (χ4v) is 11.3. The van der Waals surface area contributed by atoms with E-state index in [0.29, 0.717) is 5.75 Å². The molecule has 1 aromatic heterocycles. The third-order valence-corrected chi connectivity index (χ3v) is 14.1. The monoisotopic (exact) mass is 678 g/mol. The van der Waals surface area contributed by atoms with Crippen LogP contribution in [0, 0.1) is 10.1 Å². The number of aromatic nitrogens is 2. The van der Waals surface area contributed by atoms with Crippen LogP contribution in [-0.2, 0) is 18.6 Å². The molecule has 0 amide bonds. The summed E-state index contributed by atoms with van der Waals surface area (Å²) in [6.07, 6.45) is -4.01. The van der Waals surface area contributed by atoms with Gasteiger partial charge in [0.05, 0.1) is 17.6 Å². The van der Waals surface area contributed by atoms with Gasteiger partial charge in [-0.05, 0) is 21.8 Å². The third-order valence-electron chi connectivity index (χ3n) is 7.75. The smallest absolute Gasteiger partial charge is 0.348 e.